The molecule has 134 valence electrons. The van der Waals surface area contributed by atoms with Crippen LogP contribution in [0.5, 0.6) is 0 Å². The Morgan fingerprint density at radius 3 is 2.65 bits per heavy atom. The molecule has 3 aromatic rings. The van der Waals surface area contributed by atoms with Crippen molar-refractivity contribution in [2.24, 2.45) is 0 Å². The van der Waals surface area contributed by atoms with Crippen molar-refractivity contribution < 1.29 is 9.59 Å². The van der Waals surface area contributed by atoms with Gasteiger partial charge < -0.3 is 10.3 Å². The average Bonchev–Trinajstić information content (AvgIpc) is 3.18. The van der Waals surface area contributed by atoms with Crippen LogP contribution in [-0.2, 0) is 6.42 Å². The van der Waals surface area contributed by atoms with Crippen molar-refractivity contribution in [2.75, 3.05) is 5.32 Å². The summed E-state index contributed by atoms with van der Waals surface area (Å²) in [5.41, 5.74) is 5.10. The molecule has 2 aromatic heterocycles. The Hall–Kier alpha value is -2.73. The lowest BCUT2D eigenvalue weighted by atomic mass is 10.0. The number of carbonyl (C=O) groups excluding carboxylic acids is 2. The molecule has 0 radical (unpaired) electrons. The molecule has 0 saturated carbocycles. The summed E-state index contributed by atoms with van der Waals surface area (Å²) in [6.45, 7) is 7.25. The second-order valence-corrected chi connectivity index (χ2v) is 7.24. The summed E-state index contributed by atoms with van der Waals surface area (Å²) >= 11 is 1.59. The van der Waals surface area contributed by atoms with E-state index in [1.807, 2.05) is 50.4 Å². The third kappa shape index (κ3) is 3.46. The monoisotopic (exact) mass is 367 g/mol. The van der Waals surface area contributed by atoms with Crippen molar-refractivity contribution in [3.05, 3.63) is 57.2 Å². The van der Waals surface area contributed by atoms with Gasteiger partial charge in [-0.25, -0.2) is 4.98 Å². The first kappa shape index (κ1) is 18.1. The number of nitrogens with zero attached hydrogens (tertiary/aromatic N) is 1. The number of rotatable bonds is 5. The molecular weight excluding hydrogens is 346 g/mol. The first-order chi connectivity index (χ1) is 12.4. The maximum atomic E-state index is 12.8. The Labute approximate surface area is 156 Å². The van der Waals surface area contributed by atoms with Gasteiger partial charge in [0.2, 0.25) is 0 Å². The van der Waals surface area contributed by atoms with Crippen LogP contribution in [-0.4, -0.2) is 21.7 Å². The van der Waals surface area contributed by atoms with E-state index in [0.29, 0.717) is 23.4 Å². The van der Waals surface area contributed by atoms with E-state index < -0.39 is 0 Å². The number of nitrogens with one attached hydrogen (secondary N) is 2. The summed E-state index contributed by atoms with van der Waals surface area (Å²) in [7, 11) is 0. The topological polar surface area (TPSA) is 74.8 Å². The molecule has 0 aliphatic carbocycles. The zero-order valence-corrected chi connectivity index (χ0v) is 16.1. The summed E-state index contributed by atoms with van der Waals surface area (Å²) in [5, 5.41) is 5.92. The van der Waals surface area contributed by atoms with Gasteiger partial charge in [-0.05, 0) is 44.9 Å². The maximum Gasteiger partial charge on any atom is 0.272 e. The third-order valence-electron chi connectivity index (χ3n) is 4.26. The Morgan fingerprint density at radius 2 is 2.04 bits per heavy atom. The Bertz CT molecular complexity index is 985. The van der Waals surface area contributed by atoms with E-state index in [2.05, 4.69) is 15.3 Å². The molecule has 0 fully saturated rings. The van der Waals surface area contributed by atoms with Crippen molar-refractivity contribution in [2.45, 2.75) is 34.1 Å². The molecule has 6 heteroatoms. The Morgan fingerprint density at radius 1 is 1.27 bits per heavy atom. The summed E-state index contributed by atoms with van der Waals surface area (Å²) in [4.78, 5) is 32.2. The molecule has 0 bridgehead atoms. The number of aromatic amines is 1. The smallest absolute Gasteiger partial charge is 0.272 e. The first-order valence-corrected chi connectivity index (χ1v) is 9.35. The van der Waals surface area contributed by atoms with Crippen molar-refractivity contribution in [1.82, 2.24) is 9.97 Å². The second-order valence-electron chi connectivity index (χ2n) is 6.17. The lowest BCUT2D eigenvalue weighted by molar-refractivity contribution is 0.101. The van der Waals surface area contributed by atoms with Gasteiger partial charge in [-0.15, -0.1) is 11.3 Å². The van der Waals surface area contributed by atoms with E-state index >= 15 is 0 Å². The number of aryl methyl sites for hydroxylation is 2. The SMILES string of the molecule is CCc1c(C(=O)Nc2cccc(-c3csc(C)n3)c2)[nH]c(C)c1C(C)=O. The first-order valence-electron chi connectivity index (χ1n) is 8.47. The molecule has 0 aliphatic rings. The number of Topliss-reactive ketones (excluding diaryl/α,β-unsaturated/α-hetero) is 1. The number of hydrogen-bond acceptors (Lipinski definition) is 4. The zero-order chi connectivity index (χ0) is 18.8. The predicted octanol–water partition coefficient (Wildman–Crippen LogP) is 4.77. The van der Waals surface area contributed by atoms with E-state index in [1.54, 1.807) is 11.3 Å². The lowest BCUT2D eigenvalue weighted by Crippen LogP contribution is -2.14. The number of H-pyrrole nitrogens is 1. The number of thiazole rings is 1. The highest BCUT2D eigenvalue weighted by atomic mass is 32.1. The molecule has 0 unspecified atom stereocenters. The minimum Gasteiger partial charge on any atom is -0.354 e. The molecular formula is C20H21N3O2S. The van der Waals surface area contributed by atoms with Gasteiger partial charge in [0.05, 0.1) is 10.7 Å². The molecule has 0 spiro atoms. The molecule has 0 atom stereocenters. The summed E-state index contributed by atoms with van der Waals surface area (Å²) in [6, 6.07) is 7.60. The number of benzene rings is 1. The van der Waals surface area contributed by atoms with E-state index in [9.17, 15) is 9.59 Å². The fraction of sp³-hybridized carbons (Fsp3) is 0.250. The summed E-state index contributed by atoms with van der Waals surface area (Å²) in [5.74, 6) is -0.278. The Kier molecular flexibility index (Phi) is 5.04. The number of ketones is 1. The van der Waals surface area contributed by atoms with Crippen molar-refractivity contribution in [1.29, 1.82) is 0 Å². The van der Waals surface area contributed by atoms with Crippen LogP contribution >= 0.6 is 11.3 Å². The van der Waals surface area contributed by atoms with Crippen LogP contribution in [0.25, 0.3) is 11.3 Å². The fourth-order valence-corrected chi connectivity index (χ4v) is 3.77. The van der Waals surface area contributed by atoms with Crippen molar-refractivity contribution >= 4 is 28.7 Å². The highest BCUT2D eigenvalue weighted by molar-refractivity contribution is 7.09. The number of anilines is 1. The van der Waals surface area contributed by atoms with E-state index in [1.165, 1.54) is 6.92 Å². The fourth-order valence-electron chi connectivity index (χ4n) is 3.15. The molecule has 3 rings (SSSR count). The highest BCUT2D eigenvalue weighted by Crippen LogP contribution is 2.25. The van der Waals surface area contributed by atoms with Gasteiger partial charge in [0.15, 0.2) is 5.78 Å². The van der Waals surface area contributed by atoms with Gasteiger partial charge in [-0.2, -0.15) is 0 Å². The quantitative estimate of drug-likeness (QED) is 0.638. The van der Waals surface area contributed by atoms with Crippen LogP contribution in [0.4, 0.5) is 5.69 Å². The van der Waals surface area contributed by atoms with Gasteiger partial charge in [-0.1, -0.05) is 19.1 Å². The second kappa shape index (κ2) is 7.25. The van der Waals surface area contributed by atoms with E-state index in [4.69, 9.17) is 0 Å². The van der Waals surface area contributed by atoms with Crippen LogP contribution in [0, 0.1) is 13.8 Å². The standard InChI is InChI=1S/C20H21N3O2S/c1-5-16-18(12(3)24)11(2)21-19(16)20(25)23-15-8-6-7-14(9-15)17-10-26-13(4)22-17/h6-10,21H,5H2,1-4H3,(H,23,25). The maximum absolute atomic E-state index is 12.8. The van der Waals surface area contributed by atoms with Crippen LogP contribution in [0.2, 0.25) is 0 Å². The minimum absolute atomic E-state index is 0.0319. The molecule has 1 aromatic carbocycles. The third-order valence-corrected chi connectivity index (χ3v) is 5.03. The summed E-state index contributed by atoms with van der Waals surface area (Å²) in [6.07, 6.45) is 0.611. The Balaban J connectivity index is 1.89. The molecule has 26 heavy (non-hydrogen) atoms. The summed E-state index contributed by atoms with van der Waals surface area (Å²) < 4.78 is 0. The molecule has 1 amide bonds. The minimum atomic E-state index is -0.246. The van der Waals surface area contributed by atoms with E-state index in [0.717, 1.165) is 27.5 Å². The van der Waals surface area contributed by atoms with Crippen LogP contribution in [0.3, 0.4) is 0 Å². The molecule has 0 aliphatic heterocycles. The number of carbonyl (C=O) groups is 2. The molecule has 5 nitrogen and oxygen atoms in total. The molecule has 2 heterocycles. The van der Waals surface area contributed by atoms with Crippen molar-refractivity contribution in [3.8, 4) is 11.3 Å². The van der Waals surface area contributed by atoms with E-state index in [-0.39, 0.29) is 11.7 Å². The van der Waals surface area contributed by atoms with Gasteiger partial charge in [0, 0.05) is 27.9 Å². The van der Waals surface area contributed by atoms with Gasteiger partial charge >= 0.3 is 0 Å². The molecule has 0 saturated heterocycles. The normalized spacial score (nSPS) is 10.8. The van der Waals surface area contributed by atoms with Crippen LogP contribution in [0.15, 0.2) is 29.6 Å². The van der Waals surface area contributed by atoms with Gasteiger partial charge in [0.25, 0.3) is 5.91 Å². The zero-order valence-electron chi connectivity index (χ0n) is 15.3. The average molecular weight is 367 g/mol. The predicted molar refractivity (Wildman–Crippen MR) is 105 cm³/mol. The highest BCUT2D eigenvalue weighted by Gasteiger charge is 2.21. The number of amides is 1. The lowest BCUT2D eigenvalue weighted by Gasteiger charge is -2.07. The van der Waals surface area contributed by atoms with Crippen LogP contribution < -0.4 is 5.32 Å². The largest absolute Gasteiger partial charge is 0.354 e. The number of hydrogen-bond donors (Lipinski definition) is 2. The van der Waals surface area contributed by atoms with Crippen molar-refractivity contribution in [3.63, 3.8) is 0 Å². The van der Waals surface area contributed by atoms with Gasteiger partial charge in [0.1, 0.15) is 5.69 Å². The number of aromatic nitrogens is 2. The van der Waals surface area contributed by atoms with Crippen LogP contribution in [0.1, 0.15) is 51.0 Å². The molecule has 2 N–H and O–H groups in total. The van der Waals surface area contributed by atoms with Gasteiger partial charge in [-0.3, -0.25) is 9.59 Å².